The Hall–Kier alpha value is -3.10. The Morgan fingerprint density at radius 1 is 1.21 bits per heavy atom. The van der Waals surface area contributed by atoms with E-state index in [2.05, 4.69) is 23.1 Å². The van der Waals surface area contributed by atoms with E-state index in [1.165, 1.54) is 5.69 Å². The highest BCUT2D eigenvalue weighted by atomic mass is 16.5. The summed E-state index contributed by atoms with van der Waals surface area (Å²) in [6, 6.07) is 17.9. The number of ether oxygens (including phenoxy) is 2. The molecule has 0 radical (unpaired) electrons. The van der Waals surface area contributed by atoms with Gasteiger partial charge in [-0.1, -0.05) is 18.2 Å². The van der Waals surface area contributed by atoms with Gasteiger partial charge in [-0.2, -0.15) is 5.26 Å². The number of fused-ring (bicyclic) bond motifs is 1. The monoisotopic (exact) mass is 387 g/mol. The zero-order valence-corrected chi connectivity index (χ0v) is 16.9. The number of hydrogen-bond donors (Lipinski definition) is 0. The van der Waals surface area contributed by atoms with Crippen molar-refractivity contribution in [1.29, 1.82) is 5.26 Å². The van der Waals surface area contributed by atoms with Gasteiger partial charge < -0.3 is 14.4 Å². The average molecular weight is 387 g/mol. The van der Waals surface area contributed by atoms with Crippen LogP contribution in [0.3, 0.4) is 0 Å². The predicted molar refractivity (Wildman–Crippen MR) is 114 cm³/mol. The third kappa shape index (κ3) is 4.18. The lowest BCUT2D eigenvalue weighted by atomic mass is 10.1. The molecule has 1 fully saturated rings. The third-order valence-electron chi connectivity index (χ3n) is 5.31. The first kappa shape index (κ1) is 19.2. The van der Waals surface area contributed by atoms with Crippen LogP contribution in [0.2, 0.25) is 0 Å². The SMILES string of the molecule is CCO[C@H]1CCN(c2cc(C)nc3cc(OCc4ccccc4C#N)ccc23)C1. The van der Waals surface area contributed by atoms with Gasteiger partial charge in [-0.3, -0.25) is 4.98 Å². The van der Waals surface area contributed by atoms with Gasteiger partial charge in [0.2, 0.25) is 0 Å². The molecule has 4 rings (SSSR count). The molecule has 2 heterocycles. The first-order valence-electron chi connectivity index (χ1n) is 10.1. The number of pyridine rings is 1. The molecule has 5 heteroatoms. The number of benzene rings is 2. The maximum Gasteiger partial charge on any atom is 0.122 e. The van der Waals surface area contributed by atoms with E-state index in [4.69, 9.17) is 14.5 Å². The molecule has 0 N–H and O–H groups in total. The molecule has 5 nitrogen and oxygen atoms in total. The van der Waals surface area contributed by atoms with Crippen LogP contribution in [-0.2, 0) is 11.3 Å². The van der Waals surface area contributed by atoms with Gasteiger partial charge in [0.15, 0.2) is 0 Å². The molecule has 1 aliphatic rings. The molecule has 1 atom stereocenters. The van der Waals surface area contributed by atoms with Crippen molar-refractivity contribution in [2.45, 2.75) is 33.0 Å². The first-order chi connectivity index (χ1) is 14.2. The summed E-state index contributed by atoms with van der Waals surface area (Å²) in [5.74, 6) is 0.753. The van der Waals surface area contributed by atoms with Crippen LogP contribution in [0.1, 0.15) is 30.2 Å². The quantitative estimate of drug-likeness (QED) is 0.618. The average Bonchev–Trinajstić information content (AvgIpc) is 3.20. The Morgan fingerprint density at radius 2 is 2.07 bits per heavy atom. The van der Waals surface area contributed by atoms with Crippen LogP contribution in [0.4, 0.5) is 5.69 Å². The maximum absolute atomic E-state index is 9.25. The Morgan fingerprint density at radius 3 is 2.90 bits per heavy atom. The van der Waals surface area contributed by atoms with Gasteiger partial charge in [0.25, 0.3) is 0 Å². The van der Waals surface area contributed by atoms with Crippen LogP contribution >= 0.6 is 0 Å². The van der Waals surface area contributed by atoms with Crippen molar-refractivity contribution < 1.29 is 9.47 Å². The topological polar surface area (TPSA) is 58.4 Å². The number of aryl methyl sites for hydroxylation is 1. The molecule has 0 unspecified atom stereocenters. The van der Waals surface area contributed by atoms with Crippen molar-refractivity contribution in [3.63, 3.8) is 0 Å². The normalized spacial score (nSPS) is 16.2. The zero-order valence-electron chi connectivity index (χ0n) is 16.9. The molecule has 1 aliphatic heterocycles. The Bertz CT molecular complexity index is 1060. The lowest BCUT2D eigenvalue weighted by Gasteiger charge is -2.21. The minimum absolute atomic E-state index is 0.298. The number of nitrogens with zero attached hydrogens (tertiary/aromatic N) is 3. The maximum atomic E-state index is 9.25. The molecular weight excluding hydrogens is 362 g/mol. The molecule has 2 aromatic carbocycles. The van der Waals surface area contributed by atoms with Crippen molar-refractivity contribution >= 4 is 16.6 Å². The van der Waals surface area contributed by atoms with Crippen molar-refractivity contribution in [3.05, 3.63) is 65.4 Å². The fourth-order valence-corrected chi connectivity index (χ4v) is 3.90. The van der Waals surface area contributed by atoms with Gasteiger partial charge in [0.05, 0.1) is 23.3 Å². The van der Waals surface area contributed by atoms with E-state index in [-0.39, 0.29) is 0 Å². The summed E-state index contributed by atoms with van der Waals surface area (Å²) in [6.45, 7) is 7.09. The van der Waals surface area contributed by atoms with Gasteiger partial charge >= 0.3 is 0 Å². The predicted octanol–water partition coefficient (Wildman–Crippen LogP) is 4.61. The molecule has 29 heavy (non-hydrogen) atoms. The summed E-state index contributed by atoms with van der Waals surface area (Å²) in [5, 5.41) is 10.4. The lowest BCUT2D eigenvalue weighted by Crippen LogP contribution is -2.23. The van der Waals surface area contributed by atoms with Crippen molar-refractivity contribution in [2.24, 2.45) is 0 Å². The van der Waals surface area contributed by atoms with E-state index >= 15 is 0 Å². The first-order valence-corrected chi connectivity index (χ1v) is 10.1. The molecule has 1 aromatic heterocycles. The van der Waals surface area contributed by atoms with E-state index in [1.807, 2.05) is 50.2 Å². The highest BCUT2D eigenvalue weighted by Gasteiger charge is 2.24. The van der Waals surface area contributed by atoms with Gasteiger partial charge in [0.1, 0.15) is 12.4 Å². The highest BCUT2D eigenvalue weighted by molar-refractivity contribution is 5.93. The summed E-state index contributed by atoms with van der Waals surface area (Å²) >= 11 is 0. The van der Waals surface area contributed by atoms with Crippen LogP contribution < -0.4 is 9.64 Å². The number of anilines is 1. The van der Waals surface area contributed by atoms with Crippen molar-refractivity contribution in [3.8, 4) is 11.8 Å². The smallest absolute Gasteiger partial charge is 0.122 e. The number of nitriles is 1. The second kappa shape index (κ2) is 8.50. The molecular formula is C24H25N3O2. The Labute approximate surface area is 171 Å². The van der Waals surface area contributed by atoms with Crippen LogP contribution in [0, 0.1) is 18.3 Å². The largest absolute Gasteiger partial charge is 0.489 e. The van der Waals surface area contributed by atoms with Gasteiger partial charge in [0, 0.05) is 48.1 Å². The Kier molecular flexibility index (Phi) is 5.64. The molecule has 1 saturated heterocycles. The zero-order chi connectivity index (χ0) is 20.2. The highest BCUT2D eigenvalue weighted by Crippen LogP contribution is 2.32. The standard InChI is InChI=1S/C24H25N3O2/c1-3-28-21-10-11-27(15-21)24-12-17(2)26-23-13-20(8-9-22(23)24)29-16-19-7-5-4-6-18(19)14-25/h4-9,12-13,21H,3,10-11,15-16H2,1-2H3/t21-/m0/s1. The summed E-state index contributed by atoms with van der Waals surface area (Å²) in [5.41, 5.74) is 4.63. The van der Waals surface area contributed by atoms with E-state index < -0.39 is 0 Å². The van der Waals surface area contributed by atoms with Crippen LogP contribution in [0.15, 0.2) is 48.5 Å². The van der Waals surface area contributed by atoms with Crippen LogP contribution in [0.5, 0.6) is 5.75 Å². The number of hydrogen-bond acceptors (Lipinski definition) is 5. The number of rotatable bonds is 6. The van der Waals surface area contributed by atoms with E-state index in [0.717, 1.165) is 54.0 Å². The third-order valence-corrected chi connectivity index (χ3v) is 5.31. The molecule has 0 spiro atoms. The van der Waals surface area contributed by atoms with Crippen molar-refractivity contribution in [2.75, 3.05) is 24.6 Å². The van der Waals surface area contributed by atoms with Crippen LogP contribution in [0.25, 0.3) is 10.9 Å². The summed E-state index contributed by atoms with van der Waals surface area (Å²) in [4.78, 5) is 7.11. The van der Waals surface area contributed by atoms with E-state index in [9.17, 15) is 5.26 Å². The summed E-state index contributed by atoms with van der Waals surface area (Å²) in [7, 11) is 0. The second-order valence-electron chi connectivity index (χ2n) is 7.33. The lowest BCUT2D eigenvalue weighted by molar-refractivity contribution is 0.0788. The molecule has 0 bridgehead atoms. The second-order valence-corrected chi connectivity index (χ2v) is 7.33. The molecule has 148 valence electrons. The summed E-state index contributed by atoms with van der Waals surface area (Å²) < 4.78 is 11.8. The molecule has 0 aliphatic carbocycles. The minimum atomic E-state index is 0.298. The minimum Gasteiger partial charge on any atom is -0.489 e. The molecule has 3 aromatic rings. The number of aromatic nitrogens is 1. The Balaban J connectivity index is 1.58. The van der Waals surface area contributed by atoms with Gasteiger partial charge in [-0.25, -0.2) is 0 Å². The summed E-state index contributed by atoms with van der Waals surface area (Å²) in [6.07, 6.45) is 1.35. The fourth-order valence-electron chi connectivity index (χ4n) is 3.90. The van der Waals surface area contributed by atoms with E-state index in [1.54, 1.807) is 0 Å². The molecule has 0 amide bonds. The van der Waals surface area contributed by atoms with Crippen molar-refractivity contribution in [1.82, 2.24) is 4.98 Å². The van der Waals surface area contributed by atoms with E-state index in [0.29, 0.717) is 18.3 Å². The van der Waals surface area contributed by atoms with Gasteiger partial charge in [-0.15, -0.1) is 0 Å². The fraction of sp³-hybridized carbons (Fsp3) is 0.333. The molecule has 0 saturated carbocycles. The van der Waals surface area contributed by atoms with Gasteiger partial charge in [-0.05, 0) is 44.5 Å². The van der Waals surface area contributed by atoms with Crippen LogP contribution in [-0.4, -0.2) is 30.8 Å².